The van der Waals surface area contributed by atoms with Crippen molar-refractivity contribution < 1.29 is 23.9 Å². The van der Waals surface area contributed by atoms with E-state index in [9.17, 15) is 14.4 Å². The van der Waals surface area contributed by atoms with E-state index in [-0.39, 0.29) is 19.1 Å². The van der Waals surface area contributed by atoms with E-state index in [1.165, 1.54) is 11.3 Å². The summed E-state index contributed by atoms with van der Waals surface area (Å²) in [5.74, 6) is -1.70. The predicted molar refractivity (Wildman–Crippen MR) is 84.1 cm³/mol. The number of hydrogen-bond donors (Lipinski definition) is 1. The third kappa shape index (κ3) is 5.14. The van der Waals surface area contributed by atoms with E-state index in [0.29, 0.717) is 10.6 Å². The number of hydrogen-bond acceptors (Lipinski definition) is 6. The Morgan fingerprint density at radius 2 is 1.91 bits per heavy atom. The predicted octanol–water partition coefficient (Wildman–Crippen LogP) is 2.62. The van der Waals surface area contributed by atoms with Crippen molar-refractivity contribution in [2.45, 2.75) is 34.1 Å². The molecule has 0 aliphatic rings. The Balaban J connectivity index is 2.75. The van der Waals surface area contributed by atoms with Crippen molar-refractivity contribution in [2.24, 2.45) is 5.92 Å². The van der Waals surface area contributed by atoms with Gasteiger partial charge in [0, 0.05) is 4.88 Å². The fourth-order valence-electron chi connectivity index (χ4n) is 1.54. The molecule has 0 radical (unpaired) electrons. The lowest BCUT2D eigenvalue weighted by Gasteiger charge is -2.08. The van der Waals surface area contributed by atoms with Crippen LogP contribution < -0.4 is 5.32 Å². The lowest BCUT2D eigenvalue weighted by atomic mass is 10.2. The van der Waals surface area contributed by atoms with Gasteiger partial charge in [-0.15, -0.1) is 11.3 Å². The summed E-state index contributed by atoms with van der Waals surface area (Å²) < 4.78 is 9.82. The van der Waals surface area contributed by atoms with Gasteiger partial charge in [0.25, 0.3) is 5.91 Å². The fourth-order valence-corrected chi connectivity index (χ4v) is 2.54. The molecule has 1 aromatic heterocycles. The van der Waals surface area contributed by atoms with E-state index < -0.39 is 17.8 Å². The molecule has 0 aromatic carbocycles. The summed E-state index contributed by atoms with van der Waals surface area (Å²) >= 11 is 1.31. The van der Waals surface area contributed by atoms with Crippen LogP contribution in [0.15, 0.2) is 6.07 Å². The van der Waals surface area contributed by atoms with Crippen molar-refractivity contribution in [1.82, 2.24) is 0 Å². The Morgan fingerprint density at radius 1 is 1.23 bits per heavy atom. The van der Waals surface area contributed by atoms with Gasteiger partial charge in [0.05, 0.1) is 18.1 Å². The summed E-state index contributed by atoms with van der Waals surface area (Å²) in [5.41, 5.74) is 0.326. The van der Waals surface area contributed by atoms with E-state index in [0.717, 1.165) is 11.3 Å². The molecule has 0 spiro atoms. The standard InChI is InChI=1S/C15H21NO5S/c1-5-10-7-11(15(19)20-6-2)13(22-10)16-12(17)8-21-14(18)9(3)4/h7,9H,5-6,8H2,1-4H3,(H,16,17). The molecule has 1 rings (SSSR count). The highest BCUT2D eigenvalue weighted by Gasteiger charge is 2.19. The molecule has 0 fully saturated rings. The van der Waals surface area contributed by atoms with E-state index in [1.54, 1.807) is 26.8 Å². The molecule has 1 amide bonds. The van der Waals surface area contributed by atoms with Crippen LogP contribution in [0.5, 0.6) is 0 Å². The Bertz CT molecular complexity index is 550. The fraction of sp³-hybridized carbons (Fsp3) is 0.533. The van der Waals surface area contributed by atoms with Gasteiger partial charge in [0.2, 0.25) is 0 Å². The van der Waals surface area contributed by atoms with E-state index in [4.69, 9.17) is 9.47 Å². The van der Waals surface area contributed by atoms with Crippen LogP contribution in [-0.2, 0) is 25.5 Å². The minimum atomic E-state index is -0.482. The third-order valence-corrected chi connectivity index (χ3v) is 3.89. The minimum Gasteiger partial charge on any atom is -0.462 e. The van der Waals surface area contributed by atoms with Gasteiger partial charge in [0.1, 0.15) is 5.00 Å². The summed E-state index contributed by atoms with van der Waals surface area (Å²) in [6.07, 6.45) is 0.745. The highest BCUT2D eigenvalue weighted by Crippen LogP contribution is 2.29. The normalized spacial score (nSPS) is 10.4. The number of rotatable bonds is 7. The number of anilines is 1. The number of amides is 1. The van der Waals surface area contributed by atoms with Gasteiger partial charge in [-0.1, -0.05) is 20.8 Å². The lowest BCUT2D eigenvalue weighted by Crippen LogP contribution is -2.23. The van der Waals surface area contributed by atoms with Crippen LogP contribution in [0.25, 0.3) is 0 Å². The van der Waals surface area contributed by atoms with Gasteiger partial charge in [0.15, 0.2) is 6.61 Å². The third-order valence-electron chi connectivity index (χ3n) is 2.70. The summed E-state index contributed by atoms with van der Waals surface area (Å²) in [6.45, 7) is 6.93. The second-order valence-electron chi connectivity index (χ2n) is 4.84. The van der Waals surface area contributed by atoms with Crippen LogP contribution in [0.2, 0.25) is 0 Å². The molecule has 7 heteroatoms. The maximum atomic E-state index is 11.9. The number of aryl methyl sites for hydroxylation is 1. The second kappa shape index (κ2) is 8.53. The maximum Gasteiger partial charge on any atom is 0.341 e. The van der Waals surface area contributed by atoms with Crippen molar-refractivity contribution in [3.8, 4) is 0 Å². The van der Waals surface area contributed by atoms with Gasteiger partial charge < -0.3 is 14.8 Å². The van der Waals surface area contributed by atoms with E-state index >= 15 is 0 Å². The van der Waals surface area contributed by atoms with Crippen molar-refractivity contribution in [2.75, 3.05) is 18.5 Å². The number of esters is 2. The molecular formula is C15H21NO5S. The zero-order valence-corrected chi connectivity index (χ0v) is 14.0. The molecule has 0 saturated heterocycles. The van der Waals surface area contributed by atoms with Crippen molar-refractivity contribution in [3.05, 3.63) is 16.5 Å². The van der Waals surface area contributed by atoms with Gasteiger partial charge >= 0.3 is 11.9 Å². The lowest BCUT2D eigenvalue weighted by molar-refractivity contribution is -0.150. The molecule has 0 atom stereocenters. The monoisotopic (exact) mass is 327 g/mol. The van der Waals surface area contributed by atoms with Crippen molar-refractivity contribution >= 4 is 34.2 Å². The number of carbonyl (C=O) groups excluding carboxylic acids is 3. The number of thiophene rings is 1. The molecule has 0 bridgehead atoms. The van der Waals surface area contributed by atoms with Gasteiger partial charge in [-0.05, 0) is 19.4 Å². The molecule has 0 unspecified atom stereocenters. The summed E-state index contributed by atoms with van der Waals surface area (Å²) in [6, 6.07) is 1.71. The number of carbonyl (C=O) groups is 3. The van der Waals surface area contributed by atoms with Crippen LogP contribution in [0, 0.1) is 5.92 Å². The SMILES string of the molecule is CCOC(=O)c1cc(CC)sc1NC(=O)COC(=O)C(C)C. The molecule has 0 saturated carbocycles. The Labute approximate surface area is 133 Å². The molecule has 1 heterocycles. The molecule has 0 aliphatic carbocycles. The molecule has 0 aliphatic heterocycles. The van der Waals surface area contributed by atoms with Crippen LogP contribution in [-0.4, -0.2) is 31.1 Å². The van der Waals surface area contributed by atoms with E-state index in [2.05, 4.69) is 5.32 Å². The smallest absolute Gasteiger partial charge is 0.341 e. The van der Waals surface area contributed by atoms with Crippen LogP contribution >= 0.6 is 11.3 Å². The highest BCUT2D eigenvalue weighted by molar-refractivity contribution is 7.16. The molecule has 6 nitrogen and oxygen atoms in total. The first kappa shape index (κ1) is 18.2. The number of nitrogens with one attached hydrogen (secondary N) is 1. The highest BCUT2D eigenvalue weighted by atomic mass is 32.1. The average molecular weight is 327 g/mol. The number of ether oxygens (including phenoxy) is 2. The Morgan fingerprint density at radius 3 is 2.45 bits per heavy atom. The van der Waals surface area contributed by atoms with Crippen LogP contribution in [0.1, 0.15) is 42.9 Å². The first-order valence-corrected chi connectivity index (χ1v) is 7.96. The summed E-state index contributed by atoms with van der Waals surface area (Å²) in [5, 5.41) is 3.02. The Hall–Kier alpha value is -1.89. The second-order valence-corrected chi connectivity index (χ2v) is 5.98. The average Bonchev–Trinajstić information content (AvgIpc) is 2.87. The largest absolute Gasteiger partial charge is 0.462 e. The van der Waals surface area contributed by atoms with Gasteiger partial charge in [-0.2, -0.15) is 0 Å². The molecular weight excluding hydrogens is 306 g/mol. The van der Waals surface area contributed by atoms with Crippen molar-refractivity contribution in [3.63, 3.8) is 0 Å². The molecule has 1 N–H and O–H groups in total. The first-order chi connectivity index (χ1) is 10.4. The van der Waals surface area contributed by atoms with Crippen molar-refractivity contribution in [1.29, 1.82) is 0 Å². The van der Waals surface area contributed by atoms with Crippen LogP contribution in [0.3, 0.4) is 0 Å². The topological polar surface area (TPSA) is 81.7 Å². The zero-order valence-electron chi connectivity index (χ0n) is 13.2. The zero-order chi connectivity index (χ0) is 16.7. The maximum absolute atomic E-state index is 11.9. The first-order valence-electron chi connectivity index (χ1n) is 7.15. The summed E-state index contributed by atoms with van der Waals surface area (Å²) in [4.78, 5) is 36.0. The molecule has 1 aromatic rings. The summed E-state index contributed by atoms with van der Waals surface area (Å²) in [7, 11) is 0. The van der Waals surface area contributed by atoms with Crippen LogP contribution in [0.4, 0.5) is 5.00 Å². The van der Waals surface area contributed by atoms with E-state index in [1.807, 2.05) is 6.92 Å². The quantitative estimate of drug-likeness (QED) is 0.779. The molecule has 122 valence electrons. The minimum absolute atomic E-state index is 0.259. The Kier molecular flexibility index (Phi) is 7.04. The van der Waals surface area contributed by atoms with Gasteiger partial charge in [-0.25, -0.2) is 4.79 Å². The van der Waals surface area contributed by atoms with Gasteiger partial charge in [-0.3, -0.25) is 9.59 Å². The molecule has 22 heavy (non-hydrogen) atoms.